The number of pyridine rings is 1. The van der Waals surface area contributed by atoms with Crippen LogP contribution in [-0.4, -0.2) is 34.3 Å². The molecule has 0 aromatic carbocycles. The number of anilines is 2. The number of amides is 2. The van der Waals surface area contributed by atoms with Crippen LogP contribution in [0.5, 0.6) is 0 Å². The van der Waals surface area contributed by atoms with Gasteiger partial charge in [-0.25, -0.2) is 9.37 Å². The van der Waals surface area contributed by atoms with E-state index in [4.69, 9.17) is 5.73 Å². The van der Waals surface area contributed by atoms with Crippen LogP contribution in [0.25, 0.3) is 0 Å². The van der Waals surface area contributed by atoms with Gasteiger partial charge in [0.15, 0.2) is 0 Å². The molecule has 1 fully saturated rings. The Hall–Kier alpha value is -2.70. The first-order valence-electron chi connectivity index (χ1n) is 10.1. The van der Waals surface area contributed by atoms with Crippen LogP contribution >= 0.6 is 0 Å². The molecule has 1 saturated heterocycles. The van der Waals surface area contributed by atoms with Gasteiger partial charge in [-0.2, -0.15) is 0 Å². The summed E-state index contributed by atoms with van der Waals surface area (Å²) in [5, 5.41) is 2.66. The number of carbonyl (C=O) groups is 2. The van der Waals surface area contributed by atoms with Gasteiger partial charge < -0.3 is 16.0 Å². The molecule has 0 spiro atoms. The summed E-state index contributed by atoms with van der Waals surface area (Å²) in [6.07, 6.45) is 9.21. The number of aromatic nitrogens is 1. The molecule has 29 heavy (non-hydrogen) atoms. The van der Waals surface area contributed by atoms with Gasteiger partial charge in [0.05, 0.1) is 11.9 Å². The molecule has 0 radical (unpaired) electrons. The lowest BCUT2D eigenvalue weighted by Crippen LogP contribution is -2.56. The van der Waals surface area contributed by atoms with Crippen molar-refractivity contribution in [2.75, 3.05) is 17.6 Å². The van der Waals surface area contributed by atoms with Crippen molar-refractivity contribution in [3.05, 3.63) is 41.9 Å². The van der Waals surface area contributed by atoms with Gasteiger partial charge in [0.1, 0.15) is 11.6 Å². The van der Waals surface area contributed by atoms with Crippen LogP contribution in [0.3, 0.4) is 0 Å². The van der Waals surface area contributed by atoms with Crippen molar-refractivity contribution in [2.45, 2.75) is 52.5 Å². The van der Waals surface area contributed by atoms with Gasteiger partial charge in [0.25, 0.3) is 0 Å². The maximum atomic E-state index is 13.5. The minimum absolute atomic E-state index is 0.159. The lowest BCUT2D eigenvalue weighted by atomic mass is 9.72. The molecule has 2 aliphatic rings. The number of hydrogen-bond donors (Lipinski definition) is 2. The highest BCUT2D eigenvalue weighted by molar-refractivity contribution is 6.39. The number of hydrogen-bond acceptors (Lipinski definition) is 4. The van der Waals surface area contributed by atoms with Crippen LogP contribution < -0.4 is 11.1 Å². The summed E-state index contributed by atoms with van der Waals surface area (Å²) in [5.74, 6) is -0.802. The number of nitrogens with zero attached hydrogens (tertiary/aromatic N) is 2. The molecule has 1 aliphatic heterocycles. The molecule has 1 aliphatic carbocycles. The van der Waals surface area contributed by atoms with Gasteiger partial charge in [-0.05, 0) is 55.4 Å². The summed E-state index contributed by atoms with van der Waals surface area (Å²) in [4.78, 5) is 31.6. The molecule has 3 N–H and O–H groups in total. The van der Waals surface area contributed by atoms with Crippen LogP contribution in [0, 0.1) is 11.3 Å². The molecule has 0 bridgehead atoms. The van der Waals surface area contributed by atoms with Crippen LogP contribution in [0.15, 0.2) is 36.3 Å². The minimum atomic E-state index is -0.692. The quantitative estimate of drug-likeness (QED) is 0.759. The lowest BCUT2D eigenvalue weighted by Gasteiger charge is -2.47. The number of piperidine rings is 1. The first-order valence-corrected chi connectivity index (χ1v) is 10.1. The van der Waals surface area contributed by atoms with Gasteiger partial charge in [0.2, 0.25) is 0 Å². The van der Waals surface area contributed by atoms with Crippen molar-refractivity contribution >= 4 is 23.3 Å². The SMILES string of the molecule is CCc1cc(NC(=O)C(=O)N2C[C@H](C)CC[C@H]2C2(C)C=CC(F)=CC2)cnc1N. The van der Waals surface area contributed by atoms with E-state index in [0.29, 0.717) is 36.8 Å². The van der Waals surface area contributed by atoms with E-state index in [2.05, 4.69) is 17.2 Å². The number of nitrogen functional groups attached to an aromatic ring is 1. The van der Waals surface area contributed by atoms with E-state index < -0.39 is 17.2 Å². The molecular formula is C22H29FN4O2. The third-order valence-corrected chi connectivity index (χ3v) is 6.03. The molecule has 3 atom stereocenters. The first kappa shape index (κ1) is 21.0. The monoisotopic (exact) mass is 400 g/mol. The first-order chi connectivity index (χ1) is 13.7. The van der Waals surface area contributed by atoms with E-state index in [1.54, 1.807) is 17.0 Å². The summed E-state index contributed by atoms with van der Waals surface area (Å²) in [5.41, 5.74) is 6.67. The van der Waals surface area contributed by atoms with E-state index in [1.165, 1.54) is 12.3 Å². The zero-order chi connectivity index (χ0) is 21.2. The molecule has 1 aromatic rings. The smallest absolute Gasteiger partial charge is 0.313 e. The Kier molecular flexibility index (Phi) is 6.05. The highest BCUT2D eigenvalue weighted by Gasteiger charge is 2.43. The summed E-state index contributed by atoms with van der Waals surface area (Å²) >= 11 is 0. The van der Waals surface area contributed by atoms with Gasteiger partial charge in [-0.1, -0.05) is 26.8 Å². The highest BCUT2D eigenvalue weighted by Crippen LogP contribution is 2.41. The Balaban J connectivity index is 1.79. The van der Waals surface area contributed by atoms with Gasteiger partial charge >= 0.3 is 11.8 Å². The largest absolute Gasteiger partial charge is 0.383 e. The maximum Gasteiger partial charge on any atom is 0.313 e. The third-order valence-electron chi connectivity index (χ3n) is 6.03. The second-order valence-electron chi connectivity index (χ2n) is 8.36. The van der Waals surface area contributed by atoms with Crippen molar-refractivity contribution in [3.63, 3.8) is 0 Å². The van der Waals surface area contributed by atoms with Gasteiger partial charge in [0, 0.05) is 18.0 Å². The summed E-state index contributed by atoms with van der Waals surface area (Å²) < 4.78 is 13.5. The van der Waals surface area contributed by atoms with Crippen molar-refractivity contribution in [2.24, 2.45) is 11.3 Å². The topological polar surface area (TPSA) is 88.3 Å². The number of nitrogens with one attached hydrogen (secondary N) is 1. The maximum absolute atomic E-state index is 13.5. The van der Waals surface area contributed by atoms with Gasteiger partial charge in [-0.15, -0.1) is 0 Å². The standard InChI is InChI=1S/C22H29FN4O2/c1-4-15-11-17(12-25-19(15)24)26-20(28)21(29)27-13-14(2)5-6-18(27)22(3)9-7-16(23)8-10-22/h7-9,11-12,14,18H,4-6,10,13H2,1-3H3,(H2,24,25)(H,26,28)/t14-,18+,22?/m1/s1. The zero-order valence-electron chi connectivity index (χ0n) is 17.2. The van der Waals surface area contributed by atoms with E-state index in [9.17, 15) is 14.0 Å². The fraction of sp³-hybridized carbons (Fsp3) is 0.500. The average Bonchev–Trinajstić information content (AvgIpc) is 2.71. The Morgan fingerprint density at radius 3 is 2.83 bits per heavy atom. The molecule has 2 amide bonds. The number of carbonyl (C=O) groups excluding carboxylic acids is 2. The third kappa shape index (κ3) is 4.49. The Morgan fingerprint density at radius 1 is 1.41 bits per heavy atom. The molecule has 6 nitrogen and oxygen atoms in total. The summed E-state index contributed by atoms with van der Waals surface area (Å²) in [6, 6.07) is 1.58. The molecule has 156 valence electrons. The fourth-order valence-electron chi connectivity index (χ4n) is 4.22. The summed E-state index contributed by atoms with van der Waals surface area (Å²) in [7, 11) is 0. The zero-order valence-corrected chi connectivity index (χ0v) is 17.2. The second kappa shape index (κ2) is 8.35. The lowest BCUT2D eigenvalue weighted by molar-refractivity contribution is -0.148. The van der Waals surface area contributed by atoms with Crippen LogP contribution in [0.1, 0.15) is 45.6 Å². The molecule has 2 heterocycles. The number of allylic oxidation sites excluding steroid dienone is 3. The Morgan fingerprint density at radius 2 is 2.17 bits per heavy atom. The van der Waals surface area contributed by atoms with E-state index in [0.717, 1.165) is 18.4 Å². The Labute approximate surface area is 171 Å². The van der Waals surface area contributed by atoms with Gasteiger partial charge in [-0.3, -0.25) is 9.59 Å². The molecule has 0 saturated carbocycles. The van der Waals surface area contributed by atoms with Crippen LogP contribution in [-0.2, 0) is 16.0 Å². The van der Waals surface area contributed by atoms with Crippen molar-refractivity contribution in [1.29, 1.82) is 0 Å². The number of nitrogens with two attached hydrogens (primary N) is 1. The van der Waals surface area contributed by atoms with Crippen molar-refractivity contribution in [3.8, 4) is 0 Å². The predicted molar refractivity (Wildman–Crippen MR) is 112 cm³/mol. The van der Waals surface area contributed by atoms with Crippen molar-refractivity contribution in [1.82, 2.24) is 9.88 Å². The fourth-order valence-corrected chi connectivity index (χ4v) is 4.22. The minimum Gasteiger partial charge on any atom is -0.383 e. The number of likely N-dealkylation sites (tertiary alicyclic amines) is 1. The summed E-state index contributed by atoms with van der Waals surface area (Å²) in [6.45, 7) is 6.54. The number of rotatable bonds is 3. The Bertz CT molecular complexity index is 866. The highest BCUT2D eigenvalue weighted by atomic mass is 19.1. The molecular weight excluding hydrogens is 371 g/mol. The van der Waals surface area contributed by atoms with Crippen molar-refractivity contribution < 1.29 is 14.0 Å². The average molecular weight is 400 g/mol. The molecule has 3 rings (SSSR count). The number of aryl methyl sites for hydroxylation is 1. The predicted octanol–water partition coefficient (Wildman–Crippen LogP) is 3.61. The number of halogens is 1. The van der Waals surface area contributed by atoms with Crippen LogP contribution in [0.4, 0.5) is 15.9 Å². The van der Waals surface area contributed by atoms with Crippen LogP contribution in [0.2, 0.25) is 0 Å². The van der Waals surface area contributed by atoms with E-state index in [-0.39, 0.29) is 11.9 Å². The normalized spacial score (nSPS) is 26.8. The second-order valence-corrected chi connectivity index (χ2v) is 8.36. The molecule has 7 heteroatoms. The van der Waals surface area contributed by atoms with E-state index >= 15 is 0 Å². The van der Waals surface area contributed by atoms with E-state index in [1.807, 2.05) is 19.9 Å². The molecule has 1 unspecified atom stereocenters. The molecule has 1 aromatic heterocycles.